The number of ether oxygens (including phenoxy) is 2. The van der Waals surface area contributed by atoms with Crippen molar-refractivity contribution in [3.05, 3.63) is 0 Å². The number of alkyl halides is 1. The molecule has 1 unspecified atom stereocenters. The van der Waals surface area contributed by atoms with Crippen LogP contribution in [0.3, 0.4) is 0 Å². The first-order valence-electron chi connectivity index (χ1n) is 3.63. The third-order valence-corrected chi connectivity index (χ3v) is 1.33. The molecule has 0 aliphatic heterocycles. The molecule has 0 aliphatic carbocycles. The molecule has 1 atom stereocenters. The predicted molar refractivity (Wildman–Crippen MR) is 41.5 cm³/mol. The highest BCUT2D eigenvalue weighted by Gasteiger charge is 2.04. The Balaban J connectivity index is 3.20. The average Bonchev–Trinajstić information content (AvgIpc) is 2.03. The van der Waals surface area contributed by atoms with Gasteiger partial charge < -0.3 is 14.8 Å². The van der Waals surface area contributed by atoms with Crippen LogP contribution in [0.5, 0.6) is 0 Å². The van der Waals surface area contributed by atoms with Crippen molar-refractivity contribution in [2.24, 2.45) is 0 Å². The molecule has 0 fully saturated rings. The fourth-order valence-corrected chi connectivity index (χ4v) is 0.726. The zero-order chi connectivity index (χ0) is 8.53. The summed E-state index contributed by atoms with van der Waals surface area (Å²) in [5.41, 5.74) is 0. The molecule has 68 valence electrons. The van der Waals surface area contributed by atoms with Gasteiger partial charge in [-0.05, 0) is 0 Å². The number of hydrogen-bond acceptors (Lipinski definition) is 3. The summed E-state index contributed by atoms with van der Waals surface area (Å²) in [5.74, 6) is 0. The lowest BCUT2D eigenvalue weighted by Crippen LogP contribution is -2.32. The van der Waals surface area contributed by atoms with Crippen LogP contribution >= 0.6 is 0 Å². The largest absolute Gasteiger partial charge is 0.382 e. The zero-order valence-corrected chi connectivity index (χ0v) is 7.10. The molecule has 0 bridgehead atoms. The highest BCUT2D eigenvalue weighted by molar-refractivity contribution is 4.59. The Bertz CT molecular complexity index is 82.8. The molecular weight excluding hydrogens is 149 g/mol. The predicted octanol–water partition coefficient (Wildman–Crippen LogP) is 0.207. The lowest BCUT2D eigenvalue weighted by molar-refractivity contribution is 0.0289. The summed E-state index contributed by atoms with van der Waals surface area (Å²) in [5, 5.41) is 2.89. The van der Waals surface area contributed by atoms with Crippen molar-refractivity contribution < 1.29 is 13.9 Å². The SMILES string of the molecule is COCC(CNCCF)OC. The fraction of sp³-hybridized carbons (Fsp3) is 1.00. The molecule has 0 spiro atoms. The first kappa shape index (κ1) is 10.8. The van der Waals surface area contributed by atoms with E-state index in [2.05, 4.69) is 5.32 Å². The summed E-state index contributed by atoms with van der Waals surface area (Å²) in [6.45, 7) is 1.21. The molecule has 0 radical (unpaired) electrons. The molecule has 0 aromatic carbocycles. The van der Waals surface area contributed by atoms with E-state index in [1.54, 1.807) is 14.2 Å². The standard InChI is InChI=1S/C7H16FNO2/c1-10-6-7(11-2)5-9-4-3-8/h7,9H,3-6H2,1-2H3. The summed E-state index contributed by atoms with van der Waals surface area (Å²) in [4.78, 5) is 0. The summed E-state index contributed by atoms with van der Waals surface area (Å²) in [6, 6.07) is 0. The van der Waals surface area contributed by atoms with E-state index in [9.17, 15) is 4.39 Å². The Morgan fingerprint density at radius 2 is 2.18 bits per heavy atom. The number of hydrogen-bond donors (Lipinski definition) is 1. The van der Waals surface area contributed by atoms with Crippen molar-refractivity contribution in [2.45, 2.75) is 6.10 Å². The molecule has 0 aromatic heterocycles. The van der Waals surface area contributed by atoms with Gasteiger partial charge in [0.15, 0.2) is 0 Å². The van der Waals surface area contributed by atoms with Crippen molar-refractivity contribution in [3.63, 3.8) is 0 Å². The summed E-state index contributed by atoms with van der Waals surface area (Å²) >= 11 is 0. The molecule has 0 aliphatic rings. The lowest BCUT2D eigenvalue weighted by atomic mass is 10.4. The molecule has 0 heterocycles. The van der Waals surface area contributed by atoms with Crippen LogP contribution in [0.4, 0.5) is 4.39 Å². The Morgan fingerprint density at radius 1 is 1.45 bits per heavy atom. The van der Waals surface area contributed by atoms with Crippen LogP contribution in [0.15, 0.2) is 0 Å². The zero-order valence-electron chi connectivity index (χ0n) is 7.10. The van der Waals surface area contributed by atoms with Crippen molar-refractivity contribution >= 4 is 0 Å². The minimum Gasteiger partial charge on any atom is -0.382 e. The monoisotopic (exact) mass is 165 g/mol. The first-order valence-corrected chi connectivity index (χ1v) is 3.63. The van der Waals surface area contributed by atoms with Gasteiger partial charge in [-0.3, -0.25) is 0 Å². The van der Waals surface area contributed by atoms with Gasteiger partial charge in [0.25, 0.3) is 0 Å². The van der Waals surface area contributed by atoms with E-state index < -0.39 is 0 Å². The smallest absolute Gasteiger partial charge is 0.102 e. The Morgan fingerprint density at radius 3 is 2.64 bits per heavy atom. The highest BCUT2D eigenvalue weighted by Crippen LogP contribution is 1.87. The van der Waals surface area contributed by atoms with Crippen molar-refractivity contribution in [3.8, 4) is 0 Å². The van der Waals surface area contributed by atoms with Gasteiger partial charge in [-0.25, -0.2) is 4.39 Å². The molecule has 11 heavy (non-hydrogen) atoms. The third kappa shape index (κ3) is 6.22. The van der Waals surface area contributed by atoms with E-state index in [-0.39, 0.29) is 12.8 Å². The van der Waals surface area contributed by atoms with Crippen molar-refractivity contribution in [2.75, 3.05) is 40.6 Å². The molecule has 1 N–H and O–H groups in total. The van der Waals surface area contributed by atoms with Gasteiger partial charge in [0, 0.05) is 27.3 Å². The van der Waals surface area contributed by atoms with Crippen LogP contribution in [0.1, 0.15) is 0 Å². The van der Waals surface area contributed by atoms with E-state index >= 15 is 0 Å². The van der Waals surface area contributed by atoms with Gasteiger partial charge in [-0.2, -0.15) is 0 Å². The number of halogens is 1. The van der Waals surface area contributed by atoms with Gasteiger partial charge in [-0.15, -0.1) is 0 Å². The molecule has 3 nitrogen and oxygen atoms in total. The van der Waals surface area contributed by atoms with Gasteiger partial charge in [0.2, 0.25) is 0 Å². The molecule has 0 aromatic rings. The topological polar surface area (TPSA) is 30.5 Å². The van der Waals surface area contributed by atoms with E-state index in [1.165, 1.54) is 0 Å². The van der Waals surface area contributed by atoms with Gasteiger partial charge in [0.1, 0.15) is 6.67 Å². The third-order valence-electron chi connectivity index (χ3n) is 1.33. The van der Waals surface area contributed by atoms with Gasteiger partial charge >= 0.3 is 0 Å². The lowest BCUT2D eigenvalue weighted by Gasteiger charge is -2.13. The molecular formula is C7H16FNO2. The second kappa shape index (κ2) is 7.91. The maximum atomic E-state index is 11.6. The highest BCUT2D eigenvalue weighted by atomic mass is 19.1. The van der Waals surface area contributed by atoms with E-state index in [0.717, 1.165) is 0 Å². The van der Waals surface area contributed by atoms with Crippen molar-refractivity contribution in [1.82, 2.24) is 5.32 Å². The number of nitrogens with one attached hydrogen (secondary N) is 1. The summed E-state index contributed by atoms with van der Waals surface area (Å²) < 4.78 is 21.5. The molecule has 0 saturated heterocycles. The van der Waals surface area contributed by atoms with Crippen LogP contribution in [0.2, 0.25) is 0 Å². The Kier molecular flexibility index (Phi) is 7.78. The normalized spacial score (nSPS) is 13.4. The first-order chi connectivity index (χ1) is 5.35. The Labute approximate surface area is 66.9 Å². The second-order valence-electron chi connectivity index (χ2n) is 2.21. The van der Waals surface area contributed by atoms with Crippen molar-refractivity contribution in [1.29, 1.82) is 0 Å². The second-order valence-corrected chi connectivity index (χ2v) is 2.21. The molecule has 4 heteroatoms. The molecule has 0 rings (SSSR count). The maximum Gasteiger partial charge on any atom is 0.102 e. The van der Waals surface area contributed by atoms with Crippen LogP contribution in [0.25, 0.3) is 0 Å². The minimum absolute atomic E-state index is 0.0200. The van der Waals surface area contributed by atoms with Crippen LogP contribution < -0.4 is 5.32 Å². The fourth-order valence-electron chi connectivity index (χ4n) is 0.726. The van der Waals surface area contributed by atoms with E-state index in [4.69, 9.17) is 9.47 Å². The number of methoxy groups -OCH3 is 2. The van der Waals surface area contributed by atoms with Crippen LogP contribution in [-0.4, -0.2) is 46.7 Å². The summed E-state index contributed by atoms with van der Waals surface area (Å²) in [7, 11) is 3.22. The molecule has 0 amide bonds. The summed E-state index contributed by atoms with van der Waals surface area (Å²) in [6.07, 6.45) is 0.0200. The van der Waals surface area contributed by atoms with E-state index in [0.29, 0.717) is 19.7 Å². The van der Waals surface area contributed by atoms with Gasteiger partial charge in [0.05, 0.1) is 12.7 Å². The minimum atomic E-state index is -0.344. The average molecular weight is 165 g/mol. The quantitative estimate of drug-likeness (QED) is 0.547. The molecule has 0 saturated carbocycles. The maximum absolute atomic E-state index is 11.6. The Hall–Kier alpha value is -0.190. The van der Waals surface area contributed by atoms with Gasteiger partial charge in [-0.1, -0.05) is 0 Å². The van der Waals surface area contributed by atoms with E-state index in [1.807, 2.05) is 0 Å². The number of rotatable bonds is 7. The van der Waals surface area contributed by atoms with Crippen LogP contribution in [0, 0.1) is 0 Å². The van der Waals surface area contributed by atoms with Crippen LogP contribution in [-0.2, 0) is 9.47 Å².